The van der Waals surface area contributed by atoms with Gasteiger partial charge in [0.25, 0.3) is 0 Å². The van der Waals surface area contributed by atoms with Crippen molar-refractivity contribution in [2.75, 3.05) is 12.4 Å². The molecule has 1 N–H and O–H groups in total. The molecule has 1 heterocycles. The Hall–Kier alpha value is -0.760. The lowest BCUT2D eigenvalue weighted by Gasteiger charge is -1.95. The number of hydrogen-bond acceptors (Lipinski definition) is 2. The Morgan fingerprint density at radius 3 is 2.89 bits per heavy atom. The van der Waals surface area contributed by atoms with Crippen LogP contribution in [0.4, 0.5) is 5.82 Å². The Morgan fingerprint density at radius 2 is 2.44 bits per heavy atom. The summed E-state index contributed by atoms with van der Waals surface area (Å²) in [6.07, 6.45) is 1.66. The van der Waals surface area contributed by atoms with Gasteiger partial charge in [0.2, 0.25) is 0 Å². The number of hydrogen-bond donors (Lipinski definition) is 1. The number of nitrogens with one attached hydrogen (secondary N) is 1. The minimum Gasteiger partial charge on any atom is -0.373 e. The van der Waals surface area contributed by atoms with Crippen molar-refractivity contribution in [2.24, 2.45) is 0 Å². The highest BCUT2D eigenvalue weighted by molar-refractivity contribution is 6.30. The van der Waals surface area contributed by atoms with E-state index < -0.39 is 0 Å². The average Bonchev–Trinajstić information content (AvgIpc) is 1.88. The first-order valence-corrected chi connectivity index (χ1v) is 3.00. The largest absolute Gasteiger partial charge is 0.373 e. The van der Waals surface area contributed by atoms with Crippen LogP contribution in [0.15, 0.2) is 18.3 Å². The van der Waals surface area contributed by atoms with E-state index in [1.54, 1.807) is 25.4 Å². The molecule has 0 atom stereocenters. The lowest BCUT2D eigenvalue weighted by Crippen LogP contribution is -1.89. The summed E-state index contributed by atoms with van der Waals surface area (Å²) < 4.78 is 0. The van der Waals surface area contributed by atoms with Gasteiger partial charge in [-0.3, -0.25) is 0 Å². The molecule has 1 aromatic rings. The first-order chi connectivity index (χ1) is 4.33. The first kappa shape index (κ1) is 6.36. The topological polar surface area (TPSA) is 24.9 Å². The fraction of sp³-hybridized carbons (Fsp3) is 0.167. The van der Waals surface area contributed by atoms with Crippen LogP contribution in [0.25, 0.3) is 0 Å². The molecule has 1 rings (SSSR count). The fourth-order valence-corrected chi connectivity index (χ4v) is 0.701. The van der Waals surface area contributed by atoms with Gasteiger partial charge < -0.3 is 5.32 Å². The number of halogens is 1. The van der Waals surface area contributed by atoms with E-state index in [1.165, 1.54) is 0 Å². The number of nitrogens with zero attached hydrogens (tertiary/aromatic N) is 1. The van der Waals surface area contributed by atoms with Crippen LogP contribution < -0.4 is 5.32 Å². The Kier molecular flexibility index (Phi) is 1.90. The summed E-state index contributed by atoms with van der Waals surface area (Å²) in [5, 5.41) is 3.58. The van der Waals surface area contributed by atoms with Crippen molar-refractivity contribution >= 4 is 17.4 Å². The molecule has 9 heavy (non-hydrogen) atoms. The minimum absolute atomic E-state index is 0.703. The van der Waals surface area contributed by atoms with E-state index in [1.807, 2.05) is 0 Å². The molecule has 0 unspecified atom stereocenters. The quantitative estimate of drug-likeness (QED) is 0.647. The van der Waals surface area contributed by atoms with Crippen LogP contribution in [-0.4, -0.2) is 12.0 Å². The molecular weight excluding hydrogens is 136 g/mol. The molecule has 0 spiro atoms. The number of aromatic nitrogens is 1. The smallest absolute Gasteiger partial charge is 0.127 e. The highest BCUT2D eigenvalue weighted by Gasteiger charge is 1.88. The zero-order chi connectivity index (χ0) is 6.69. The van der Waals surface area contributed by atoms with Crippen molar-refractivity contribution < 1.29 is 0 Å². The second kappa shape index (κ2) is 2.69. The number of rotatable bonds is 1. The van der Waals surface area contributed by atoms with E-state index >= 15 is 0 Å². The molecule has 0 saturated heterocycles. The lowest BCUT2D eigenvalue weighted by molar-refractivity contribution is 1.29. The lowest BCUT2D eigenvalue weighted by atomic mass is 10.5. The highest BCUT2D eigenvalue weighted by atomic mass is 35.5. The molecule has 0 aliphatic carbocycles. The summed E-state index contributed by atoms with van der Waals surface area (Å²) in [5.41, 5.74) is 0. The van der Waals surface area contributed by atoms with Crippen LogP contribution >= 0.6 is 11.6 Å². The molecule has 0 aliphatic rings. The third-order valence-corrected chi connectivity index (χ3v) is 1.21. The van der Waals surface area contributed by atoms with Crippen molar-refractivity contribution in [3.8, 4) is 0 Å². The van der Waals surface area contributed by atoms with Crippen molar-refractivity contribution in [3.63, 3.8) is 0 Å². The van der Waals surface area contributed by atoms with Crippen LogP contribution in [0.2, 0.25) is 5.02 Å². The summed E-state index contributed by atoms with van der Waals surface area (Å²) >= 11 is 5.64. The van der Waals surface area contributed by atoms with Gasteiger partial charge in [-0.2, -0.15) is 0 Å². The van der Waals surface area contributed by atoms with Crippen LogP contribution in [0, 0.1) is 0 Å². The molecule has 0 radical (unpaired) electrons. The first-order valence-electron chi connectivity index (χ1n) is 2.62. The van der Waals surface area contributed by atoms with E-state index in [-0.39, 0.29) is 0 Å². The maximum absolute atomic E-state index is 5.64. The standard InChI is InChI=1S/C6H7ClN2/c1-8-6-4-5(7)2-3-9-6/h2-4H,1H3,(H,8,9). The molecule has 0 amide bonds. The van der Waals surface area contributed by atoms with E-state index in [0.29, 0.717) is 5.02 Å². The number of pyridine rings is 1. The third kappa shape index (κ3) is 1.57. The van der Waals surface area contributed by atoms with Crippen LogP contribution in [0.1, 0.15) is 0 Å². The van der Waals surface area contributed by atoms with Gasteiger partial charge in [-0.25, -0.2) is 4.98 Å². The SMILES string of the molecule is CNc1cc(Cl)ccn1. The predicted molar refractivity (Wildman–Crippen MR) is 38.8 cm³/mol. The summed E-state index contributed by atoms with van der Waals surface area (Å²) in [5.74, 6) is 0.794. The normalized spacial score (nSPS) is 9.11. The zero-order valence-corrected chi connectivity index (χ0v) is 5.81. The van der Waals surface area contributed by atoms with Crippen LogP contribution in [-0.2, 0) is 0 Å². The van der Waals surface area contributed by atoms with Gasteiger partial charge in [-0.15, -0.1) is 0 Å². The molecule has 3 heteroatoms. The molecule has 48 valence electrons. The van der Waals surface area contributed by atoms with Crippen molar-refractivity contribution in [3.05, 3.63) is 23.4 Å². The van der Waals surface area contributed by atoms with Crippen molar-refractivity contribution in [2.45, 2.75) is 0 Å². The molecule has 0 aliphatic heterocycles. The maximum Gasteiger partial charge on any atom is 0.127 e. The van der Waals surface area contributed by atoms with Crippen LogP contribution in [0.5, 0.6) is 0 Å². The van der Waals surface area contributed by atoms with E-state index in [0.717, 1.165) is 5.82 Å². The van der Waals surface area contributed by atoms with Crippen molar-refractivity contribution in [1.29, 1.82) is 0 Å². The summed E-state index contributed by atoms with van der Waals surface area (Å²) in [6.45, 7) is 0. The summed E-state index contributed by atoms with van der Waals surface area (Å²) in [6, 6.07) is 3.50. The monoisotopic (exact) mass is 142 g/mol. The fourth-order valence-electron chi connectivity index (χ4n) is 0.541. The molecule has 1 aromatic heterocycles. The molecule has 0 aromatic carbocycles. The Bertz CT molecular complexity index is 200. The highest BCUT2D eigenvalue weighted by Crippen LogP contribution is 2.10. The predicted octanol–water partition coefficient (Wildman–Crippen LogP) is 1.78. The van der Waals surface area contributed by atoms with Crippen LogP contribution in [0.3, 0.4) is 0 Å². The third-order valence-electron chi connectivity index (χ3n) is 0.978. The average molecular weight is 143 g/mol. The van der Waals surface area contributed by atoms with Gasteiger partial charge in [-0.1, -0.05) is 11.6 Å². The van der Waals surface area contributed by atoms with Gasteiger partial charge in [0.1, 0.15) is 5.82 Å². The minimum atomic E-state index is 0.703. The Balaban J connectivity index is 2.94. The van der Waals surface area contributed by atoms with E-state index in [9.17, 15) is 0 Å². The van der Waals surface area contributed by atoms with Gasteiger partial charge in [0.15, 0.2) is 0 Å². The summed E-state index contributed by atoms with van der Waals surface area (Å²) in [7, 11) is 1.80. The van der Waals surface area contributed by atoms with Gasteiger partial charge in [-0.05, 0) is 12.1 Å². The molecule has 0 bridgehead atoms. The Labute approximate surface area is 58.9 Å². The molecule has 0 fully saturated rings. The van der Waals surface area contributed by atoms with Crippen molar-refractivity contribution in [1.82, 2.24) is 4.98 Å². The molecule has 0 saturated carbocycles. The van der Waals surface area contributed by atoms with E-state index in [2.05, 4.69) is 10.3 Å². The second-order valence-electron chi connectivity index (χ2n) is 1.61. The number of anilines is 1. The molecular formula is C6H7ClN2. The van der Waals surface area contributed by atoms with E-state index in [4.69, 9.17) is 11.6 Å². The van der Waals surface area contributed by atoms with Gasteiger partial charge in [0, 0.05) is 18.3 Å². The zero-order valence-electron chi connectivity index (χ0n) is 5.06. The van der Waals surface area contributed by atoms with Gasteiger partial charge >= 0.3 is 0 Å². The maximum atomic E-state index is 5.64. The van der Waals surface area contributed by atoms with Gasteiger partial charge in [0.05, 0.1) is 0 Å². The summed E-state index contributed by atoms with van der Waals surface area (Å²) in [4.78, 5) is 3.96. The molecule has 2 nitrogen and oxygen atoms in total. The Morgan fingerprint density at radius 1 is 1.67 bits per heavy atom. The second-order valence-corrected chi connectivity index (χ2v) is 2.05.